The predicted octanol–water partition coefficient (Wildman–Crippen LogP) is 0.719. The Balaban J connectivity index is 1.91. The topological polar surface area (TPSA) is 80.0 Å². The van der Waals surface area contributed by atoms with Crippen LogP contribution in [0.15, 0.2) is 35.2 Å². The van der Waals surface area contributed by atoms with E-state index < -0.39 is 0 Å². The van der Waals surface area contributed by atoms with E-state index in [1.165, 1.54) is 6.26 Å². The molecule has 2 aromatic rings. The van der Waals surface area contributed by atoms with Crippen LogP contribution in [-0.4, -0.2) is 22.9 Å². The molecule has 2 heterocycles. The van der Waals surface area contributed by atoms with Gasteiger partial charge in [0, 0.05) is 18.9 Å². The van der Waals surface area contributed by atoms with Crippen LogP contribution in [0.4, 0.5) is 0 Å². The van der Waals surface area contributed by atoms with Gasteiger partial charge >= 0.3 is 0 Å². The molecule has 1 amide bonds. The molecule has 6 nitrogen and oxygen atoms in total. The zero-order valence-electron chi connectivity index (χ0n) is 10.0. The number of carbonyl (C=O) groups is 1. The molecule has 0 spiro atoms. The standard InChI is InChI=1S/C12H14N4O2/c1-13-7-11-16-10(8-18-11)12(17)15-6-9-3-2-4-14-5-9/h2-5,8,13H,6-7H2,1H3,(H,15,17). The Labute approximate surface area is 104 Å². The molecule has 6 heteroatoms. The van der Waals surface area contributed by atoms with Crippen LogP contribution in [-0.2, 0) is 13.1 Å². The first-order valence-corrected chi connectivity index (χ1v) is 5.55. The van der Waals surface area contributed by atoms with Gasteiger partial charge in [-0.1, -0.05) is 6.07 Å². The summed E-state index contributed by atoms with van der Waals surface area (Å²) < 4.78 is 5.13. The van der Waals surface area contributed by atoms with Crippen LogP contribution in [0.25, 0.3) is 0 Å². The van der Waals surface area contributed by atoms with Crippen molar-refractivity contribution >= 4 is 5.91 Å². The Morgan fingerprint density at radius 1 is 1.44 bits per heavy atom. The van der Waals surface area contributed by atoms with Crippen LogP contribution < -0.4 is 10.6 Å². The first kappa shape index (κ1) is 12.3. The second-order valence-electron chi connectivity index (χ2n) is 3.70. The summed E-state index contributed by atoms with van der Waals surface area (Å²) in [5.74, 6) is 0.231. The third kappa shape index (κ3) is 3.14. The highest BCUT2D eigenvalue weighted by Crippen LogP contribution is 2.02. The van der Waals surface area contributed by atoms with Crippen molar-refractivity contribution in [2.45, 2.75) is 13.1 Å². The lowest BCUT2D eigenvalue weighted by Gasteiger charge is -2.01. The first-order chi connectivity index (χ1) is 8.79. The minimum atomic E-state index is -0.259. The van der Waals surface area contributed by atoms with Gasteiger partial charge in [0.2, 0.25) is 5.89 Å². The number of hydrogen-bond donors (Lipinski definition) is 2. The van der Waals surface area contributed by atoms with E-state index in [0.29, 0.717) is 19.0 Å². The second-order valence-corrected chi connectivity index (χ2v) is 3.70. The average molecular weight is 246 g/mol. The molecule has 0 aliphatic rings. The average Bonchev–Trinajstić information content (AvgIpc) is 2.86. The van der Waals surface area contributed by atoms with E-state index in [2.05, 4.69) is 20.6 Å². The van der Waals surface area contributed by atoms with Crippen LogP contribution in [0.2, 0.25) is 0 Å². The molecule has 2 rings (SSSR count). The maximum Gasteiger partial charge on any atom is 0.273 e. The molecule has 18 heavy (non-hydrogen) atoms. The molecule has 0 radical (unpaired) electrons. The van der Waals surface area contributed by atoms with Gasteiger partial charge in [-0.15, -0.1) is 0 Å². The number of oxazole rings is 1. The third-order valence-corrected chi connectivity index (χ3v) is 2.29. The molecule has 2 aromatic heterocycles. The zero-order valence-corrected chi connectivity index (χ0v) is 10.0. The Kier molecular flexibility index (Phi) is 4.03. The van der Waals surface area contributed by atoms with Gasteiger partial charge in [0.05, 0.1) is 6.54 Å². The summed E-state index contributed by atoms with van der Waals surface area (Å²) in [5.41, 5.74) is 1.22. The Bertz CT molecular complexity index is 510. The number of nitrogens with one attached hydrogen (secondary N) is 2. The number of carbonyl (C=O) groups excluding carboxylic acids is 1. The van der Waals surface area contributed by atoms with Crippen LogP contribution in [0.3, 0.4) is 0 Å². The SMILES string of the molecule is CNCc1nc(C(=O)NCc2cccnc2)co1. The lowest BCUT2D eigenvalue weighted by Crippen LogP contribution is -2.23. The molecule has 0 saturated heterocycles. The van der Waals surface area contributed by atoms with Gasteiger partial charge in [0.15, 0.2) is 5.69 Å². The fourth-order valence-corrected chi connectivity index (χ4v) is 1.42. The highest BCUT2D eigenvalue weighted by atomic mass is 16.3. The Morgan fingerprint density at radius 2 is 2.33 bits per heavy atom. The van der Waals surface area contributed by atoms with Crippen molar-refractivity contribution in [1.82, 2.24) is 20.6 Å². The van der Waals surface area contributed by atoms with Crippen molar-refractivity contribution in [3.05, 3.63) is 47.9 Å². The van der Waals surface area contributed by atoms with Crippen LogP contribution in [0.5, 0.6) is 0 Å². The van der Waals surface area contributed by atoms with Crippen molar-refractivity contribution < 1.29 is 9.21 Å². The van der Waals surface area contributed by atoms with Crippen molar-refractivity contribution in [3.63, 3.8) is 0 Å². The van der Waals surface area contributed by atoms with E-state index in [9.17, 15) is 4.79 Å². The number of pyridine rings is 1. The summed E-state index contributed by atoms with van der Waals surface area (Å²) in [4.78, 5) is 19.8. The summed E-state index contributed by atoms with van der Waals surface area (Å²) in [7, 11) is 1.78. The molecular formula is C12H14N4O2. The molecule has 0 aliphatic carbocycles. The maximum atomic E-state index is 11.8. The molecule has 0 aliphatic heterocycles. The number of nitrogens with zero attached hydrogens (tertiary/aromatic N) is 2. The summed E-state index contributed by atoms with van der Waals surface area (Å²) in [6, 6.07) is 3.71. The van der Waals surface area contributed by atoms with Crippen LogP contribution >= 0.6 is 0 Å². The normalized spacial score (nSPS) is 10.3. The molecule has 0 saturated carbocycles. The second kappa shape index (κ2) is 5.92. The van der Waals surface area contributed by atoms with Crippen LogP contribution in [0, 0.1) is 0 Å². The van der Waals surface area contributed by atoms with E-state index in [1.807, 2.05) is 12.1 Å². The molecular weight excluding hydrogens is 232 g/mol. The zero-order chi connectivity index (χ0) is 12.8. The van der Waals surface area contributed by atoms with Crippen molar-refractivity contribution in [3.8, 4) is 0 Å². The molecule has 94 valence electrons. The monoisotopic (exact) mass is 246 g/mol. The van der Waals surface area contributed by atoms with Gasteiger partial charge in [0.1, 0.15) is 6.26 Å². The quantitative estimate of drug-likeness (QED) is 0.812. The van der Waals surface area contributed by atoms with E-state index in [0.717, 1.165) is 5.56 Å². The van der Waals surface area contributed by atoms with Gasteiger partial charge in [-0.3, -0.25) is 9.78 Å². The summed E-state index contributed by atoms with van der Waals surface area (Å²) in [6.45, 7) is 0.913. The number of amides is 1. The predicted molar refractivity (Wildman–Crippen MR) is 64.7 cm³/mol. The van der Waals surface area contributed by atoms with Crippen molar-refractivity contribution in [1.29, 1.82) is 0 Å². The number of aromatic nitrogens is 2. The summed E-state index contributed by atoms with van der Waals surface area (Å²) in [6.07, 6.45) is 4.74. The summed E-state index contributed by atoms with van der Waals surface area (Å²) >= 11 is 0. The van der Waals surface area contributed by atoms with Gasteiger partial charge in [-0.05, 0) is 18.7 Å². The highest BCUT2D eigenvalue weighted by Gasteiger charge is 2.11. The van der Waals surface area contributed by atoms with Crippen molar-refractivity contribution in [2.75, 3.05) is 7.05 Å². The summed E-state index contributed by atoms with van der Waals surface area (Å²) in [5, 5.41) is 5.65. The fourth-order valence-electron chi connectivity index (χ4n) is 1.42. The van der Waals surface area contributed by atoms with Gasteiger partial charge in [0.25, 0.3) is 5.91 Å². The number of rotatable bonds is 5. The lowest BCUT2D eigenvalue weighted by atomic mass is 10.3. The Hall–Kier alpha value is -2.21. The molecule has 0 fully saturated rings. The van der Waals surface area contributed by atoms with Gasteiger partial charge in [-0.2, -0.15) is 0 Å². The van der Waals surface area contributed by atoms with E-state index >= 15 is 0 Å². The van der Waals surface area contributed by atoms with Crippen molar-refractivity contribution in [2.24, 2.45) is 0 Å². The smallest absolute Gasteiger partial charge is 0.273 e. The lowest BCUT2D eigenvalue weighted by molar-refractivity contribution is 0.0946. The minimum Gasteiger partial charge on any atom is -0.447 e. The molecule has 2 N–H and O–H groups in total. The molecule has 0 atom stereocenters. The first-order valence-electron chi connectivity index (χ1n) is 5.55. The van der Waals surface area contributed by atoms with E-state index in [-0.39, 0.29) is 11.6 Å². The Morgan fingerprint density at radius 3 is 3.06 bits per heavy atom. The van der Waals surface area contributed by atoms with Gasteiger partial charge < -0.3 is 15.1 Å². The minimum absolute atomic E-state index is 0.259. The van der Waals surface area contributed by atoms with Crippen LogP contribution in [0.1, 0.15) is 21.9 Å². The third-order valence-electron chi connectivity index (χ3n) is 2.29. The van der Waals surface area contributed by atoms with E-state index in [4.69, 9.17) is 4.42 Å². The highest BCUT2D eigenvalue weighted by molar-refractivity contribution is 5.91. The van der Waals surface area contributed by atoms with Gasteiger partial charge in [-0.25, -0.2) is 4.98 Å². The molecule has 0 aromatic carbocycles. The van der Waals surface area contributed by atoms with E-state index in [1.54, 1.807) is 19.4 Å². The number of hydrogen-bond acceptors (Lipinski definition) is 5. The maximum absolute atomic E-state index is 11.8. The molecule has 0 bridgehead atoms. The molecule has 0 unspecified atom stereocenters. The fraction of sp³-hybridized carbons (Fsp3) is 0.250. The largest absolute Gasteiger partial charge is 0.447 e.